The molecule has 1 rings (SSSR count). The second-order valence-corrected chi connectivity index (χ2v) is 4.60. The van der Waals surface area contributed by atoms with Gasteiger partial charge in [0, 0.05) is 24.8 Å². The molecule has 0 aliphatic carbocycles. The second-order valence-electron chi connectivity index (χ2n) is 3.69. The number of aryl methyl sites for hydroxylation is 1. The molecule has 1 aromatic heterocycles. The first-order valence-electron chi connectivity index (χ1n) is 5.20. The smallest absolute Gasteiger partial charge is 0.268 e. The molecule has 0 aliphatic heterocycles. The summed E-state index contributed by atoms with van der Waals surface area (Å²) >= 11 is 3.34. The summed E-state index contributed by atoms with van der Waals surface area (Å²) in [5.41, 5.74) is 0.640. The van der Waals surface area contributed by atoms with Crippen LogP contribution in [0.3, 0.4) is 0 Å². The van der Waals surface area contributed by atoms with E-state index in [1.54, 1.807) is 17.7 Å². The maximum absolute atomic E-state index is 11.9. The molecule has 5 heteroatoms. The Balaban J connectivity index is 2.67. The minimum Gasteiger partial charge on any atom is -0.383 e. The zero-order valence-electron chi connectivity index (χ0n) is 9.79. The number of rotatable bonds is 5. The Kier molecular flexibility index (Phi) is 5.02. The molecule has 0 aromatic carbocycles. The summed E-state index contributed by atoms with van der Waals surface area (Å²) in [5.74, 6) is -0.0721. The highest BCUT2D eigenvalue weighted by Crippen LogP contribution is 2.13. The summed E-state index contributed by atoms with van der Waals surface area (Å²) in [6.07, 6.45) is 2.71. The molecule has 16 heavy (non-hydrogen) atoms. The van der Waals surface area contributed by atoms with Gasteiger partial charge >= 0.3 is 0 Å². The lowest BCUT2D eigenvalue weighted by molar-refractivity contribution is 0.0886. The number of amides is 1. The van der Waals surface area contributed by atoms with E-state index in [4.69, 9.17) is 4.74 Å². The van der Waals surface area contributed by atoms with Crippen LogP contribution in [0.25, 0.3) is 0 Å². The monoisotopic (exact) mass is 288 g/mol. The molecule has 4 nitrogen and oxygen atoms in total. The van der Waals surface area contributed by atoms with Gasteiger partial charge in [-0.15, -0.1) is 0 Å². The Morgan fingerprint density at radius 1 is 1.69 bits per heavy atom. The van der Waals surface area contributed by atoms with E-state index in [0.717, 1.165) is 10.9 Å². The first kappa shape index (κ1) is 13.3. The van der Waals surface area contributed by atoms with Gasteiger partial charge in [0.2, 0.25) is 0 Å². The van der Waals surface area contributed by atoms with Crippen LogP contribution in [0, 0.1) is 0 Å². The number of nitrogens with one attached hydrogen (secondary N) is 1. The summed E-state index contributed by atoms with van der Waals surface area (Å²) in [6, 6.07) is 1.86. The van der Waals surface area contributed by atoms with Crippen LogP contribution in [0.4, 0.5) is 0 Å². The molecule has 1 aromatic rings. The van der Waals surface area contributed by atoms with Crippen molar-refractivity contribution >= 4 is 21.8 Å². The van der Waals surface area contributed by atoms with E-state index in [0.29, 0.717) is 12.3 Å². The average molecular weight is 289 g/mol. The third-order valence-corrected chi connectivity index (χ3v) is 2.83. The molecule has 0 aliphatic rings. The number of nitrogens with zero attached hydrogens (tertiary/aromatic N) is 1. The number of ether oxygens (including phenoxy) is 1. The fourth-order valence-electron chi connectivity index (χ4n) is 1.47. The molecule has 1 amide bonds. The zero-order valence-corrected chi connectivity index (χ0v) is 11.4. The van der Waals surface area contributed by atoms with Crippen LogP contribution >= 0.6 is 15.9 Å². The molecule has 90 valence electrons. The van der Waals surface area contributed by atoms with E-state index in [1.165, 1.54) is 0 Å². The average Bonchev–Trinajstić information content (AvgIpc) is 2.57. The van der Waals surface area contributed by atoms with E-state index in [-0.39, 0.29) is 11.9 Å². The predicted molar refractivity (Wildman–Crippen MR) is 66.5 cm³/mol. The maximum Gasteiger partial charge on any atom is 0.268 e. The van der Waals surface area contributed by atoms with Gasteiger partial charge in [0.05, 0.1) is 12.6 Å². The Labute approximate surface area is 104 Å². The molecule has 1 unspecified atom stereocenters. The summed E-state index contributed by atoms with van der Waals surface area (Å²) < 4.78 is 7.73. The van der Waals surface area contributed by atoms with Crippen molar-refractivity contribution in [2.24, 2.45) is 7.05 Å². The third kappa shape index (κ3) is 3.35. The quantitative estimate of drug-likeness (QED) is 0.900. The molecular formula is C11H17BrN2O2. The first-order chi connectivity index (χ1) is 7.58. The third-order valence-electron chi connectivity index (χ3n) is 2.40. The number of methoxy groups -OCH3 is 1. The van der Waals surface area contributed by atoms with E-state index in [2.05, 4.69) is 21.2 Å². The topological polar surface area (TPSA) is 43.3 Å². The van der Waals surface area contributed by atoms with E-state index in [1.807, 2.05) is 20.2 Å². The van der Waals surface area contributed by atoms with Crippen molar-refractivity contribution in [3.63, 3.8) is 0 Å². The molecule has 0 fully saturated rings. The lowest BCUT2D eigenvalue weighted by Crippen LogP contribution is -2.38. The normalized spacial score (nSPS) is 12.5. The van der Waals surface area contributed by atoms with Crippen LogP contribution in [0.2, 0.25) is 0 Å². The molecule has 0 saturated heterocycles. The van der Waals surface area contributed by atoms with Gasteiger partial charge in [0.1, 0.15) is 5.69 Å². The zero-order chi connectivity index (χ0) is 12.1. The second kappa shape index (κ2) is 6.06. The summed E-state index contributed by atoms with van der Waals surface area (Å²) in [5, 5.41) is 2.93. The van der Waals surface area contributed by atoms with Crippen molar-refractivity contribution in [1.82, 2.24) is 9.88 Å². The van der Waals surface area contributed by atoms with Gasteiger partial charge in [-0.2, -0.15) is 0 Å². The van der Waals surface area contributed by atoms with Crippen LogP contribution < -0.4 is 5.32 Å². The Hall–Kier alpha value is -0.810. The highest BCUT2D eigenvalue weighted by atomic mass is 79.9. The Morgan fingerprint density at radius 2 is 2.38 bits per heavy atom. The van der Waals surface area contributed by atoms with Crippen molar-refractivity contribution in [2.75, 3.05) is 13.7 Å². The number of hydrogen-bond acceptors (Lipinski definition) is 2. The lowest BCUT2D eigenvalue weighted by atomic mass is 10.2. The molecule has 1 heterocycles. The maximum atomic E-state index is 11.9. The number of carbonyl (C=O) groups excluding carboxylic acids is 1. The van der Waals surface area contributed by atoms with Gasteiger partial charge in [-0.1, -0.05) is 6.92 Å². The minimum absolute atomic E-state index is 0.0613. The van der Waals surface area contributed by atoms with Crippen LogP contribution in [0.5, 0.6) is 0 Å². The van der Waals surface area contributed by atoms with E-state index in [9.17, 15) is 4.79 Å². The summed E-state index contributed by atoms with van der Waals surface area (Å²) in [7, 11) is 3.48. The molecule has 0 saturated carbocycles. The number of carbonyl (C=O) groups is 1. The molecule has 0 bridgehead atoms. The highest BCUT2D eigenvalue weighted by Gasteiger charge is 2.14. The predicted octanol–water partition coefficient (Wildman–Crippen LogP) is 1.94. The highest BCUT2D eigenvalue weighted by molar-refractivity contribution is 9.10. The lowest BCUT2D eigenvalue weighted by Gasteiger charge is -2.15. The molecule has 0 radical (unpaired) electrons. The molecule has 1 N–H and O–H groups in total. The number of halogens is 1. The van der Waals surface area contributed by atoms with Crippen molar-refractivity contribution in [1.29, 1.82) is 0 Å². The van der Waals surface area contributed by atoms with Crippen molar-refractivity contribution < 1.29 is 9.53 Å². The van der Waals surface area contributed by atoms with Gasteiger partial charge in [0.15, 0.2) is 0 Å². The molecule has 0 spiro atoms. The summed E-state index contributed by atoms with van der Waals surface area (Å²) in [4.78, 5) is 11.9. The largest absolute Gasteiger partial charge is 0.383 e. The van der Waals surface area contributed by atoms with Gasteiger partial charge < -0.3 is 14.6 Å². The van der Waals surface area contributed by atoms with Crippen molar-refractivity contribution in [3.05, 3.63) is 22.4 Å². The molecule has 1 atom stereocenters. The molecular weight excluding hydrogens is 272 g/mol. The standard InChI is InChI=1S/C11H17BrN2O2/c1-4-9(7-16-3)13-11(15)10-5-8(12)6-14(10)2/h5-6,9H,4,7H2,1-3H3,(H,13,15). The first-order valence-corrected chi connectivity index (χ1v) is 5.99. The Morgan fingerprint density at radius 3 is 2.81 bits per heavy atom. The SMILES string of the molecule is CCC(COC)NC(=O)c1cc(Br)cn1C. The van der Waals surface area contributed by atoms with E-state index >= 15 is 0 Å². The van der Waals surface area contributed by atoms with Gasteiger partial charge in [-0.05, 0) is 28.4 Å². The van der Waals surface area contributed by atoms with Crippen molar-refractivity contribution in [3.8, 4) is 0 Å². The summed E-state index contributed by atoms with van der Waals surface area (Å²) in [6.45, 7) is 2.55. The van der Waals surface area contributed by atoms with Crippen LogP contribution in [-0.2, 0) is 11.8 Å². The van der Waals surface area contributed by atoms with E-state index < -0.39 is 0 Å². The number of aromatic nitrogens is 1. The van der Waals surface area contributed by atoms with Crippen LogP contribution in [-0.4, -0.2) is 30.2 Å². The fourth-order valence-corrected chi connectivity index (χ4v) is 2.00. The van der Waals surface area contributed by atoms with Gasteiger partial charge in [-0.3, -0.25) is 4.79 Å². The fraction of sp³-hybridized carbons (Fsp3) is 0.545. The Bertz CT molecular complexity index is 363. The van der Waals surface area contributed by atoms with Crippen molar-refractivity contribution in [2.45, 2.75) is 19.4 Å². The van der Waals surface area contributed by atoms with Crippen LogP contribution in [0.15, 0.2) is 16.7 Å². The van der Waals surface area contributed by atoms with Gasteiger partial charge in [0.25, 0.3) is 5.91 Å². The van der Waals surface area contributed by atoms with Gasteiger partial charge in [-0.25, -0.2) is 0 Å². The minimum atomic E-state index is -0.0721. The number of hydrogen-bond donors (Lipinski definition) is 1. The van der Waals surface area contributed by atoms with Crippen LogP contribution in [0.1, 0.15) is 23.8 Å².